The number of alkyl carbamates (subject to hydrolysis) is 1. The van der Waals surface area contributed by atoms with Crippen LogP contribution in [0.1, 0.15) is 44.7 Å². The smallest absolute Gasteiger partial charge is 0.408 e. The van der Waals surface area contributed by atoms with Crippen molar-refractivity contribution in [2.45, 2.75) is 51.7 Å². The number of esters is 3. The van der Waals surface area contributed by atoms with E-state index in [4.69, 9.17) is 24.7 Å². The Kier molecular flexibility index (Phi) is 10.7. The van der Waals surface area contributed by atoms with Crippen molar-refractivity contribution in [3.63, 3.8) is 0 Å². The van der Waals surface area contributed by atoms with E-state index in [0.29, 0.717) is 16.8 Å². The van der Waals surface area contributed by atoms with Crippen LogP contribution in [0.5, 0.6) is 0 Å². The highest BCUT2D eigenvalue weighted by atomic mass is 16.6. The van der Waals surface area contributed by atoms with Crippen LogP contribution in [0, 0.1) is 11.3 Å². The van der Waals surface area contributed by atoms with Crippen LogP contribution in [-0.2, 0) is 39.8 Å². The minimum absolute atomic E-state index is 0.0252. The van der Waals surface area contributed by atoms with Gasteiger partial charge in [-0.3, -0.25) is 4.90 Å². The summed E-state index contributed by atoms with van der Waals surface area (Å²) in [5, 5.41) is 12.7. The van der Waals surface area contributed by atoms with Gasteiger partial charge in [-0.2, -0.15) is 5.26 Å². The van der Waals surface area contributed by atoms with Gasteiger partial charge in [0.1, 0.15) is 23.2 Å². The van der Waals surface area contributed by atoms with Crippen LogP contribution < -0.4 is 16.0 Å². The van der Waals surface area contributed by atoms with E-state index in [9.17, 15) is 24.4 Å². The molecule has 0 spiro atoms. The number of anilines is 1. The summed E-state index contributed by atoms with van der Waals surface area (Å²) in [6.07, 6.45) is -0.727. The summed E-state index contributed by atoms with van der Waals surface area (Å²) in [6.45, 7) is 6.87. The van der Waals surface area contributed by atoms with Gasteiger partial charge in [0.15, 0.2) is 0 Å². The van der Waals surface area contributed by atoms with E-state index in [1.165, 1.54) is 12.0 Å². The molecule has 232 valence electrons. The molecule has 12 nitrogen and oxygen atoms in total. The minimum atomic E-state index is -1.05. The maximum Gasteiger partial charge on any atom is 0.408 e. The number of nitrogens with two attached hydrogens (primary N) is 1. The number of nitrogens with one attached hydrogen (secondary N) is 1. The summed E-state index contributed by atoms with van der Waals surface area (Å²) >= 11 is 0. The van der Waals surface area contributed by atoms with E-state index in [1.807, 2.05) is 0 Å². The Balaban J connectivity index is 2.09. The quantitative estimate of drug-likeness (QED) is 0.317. The molecule has 44 heavy (non-hydrogen) atoms. The zero-order valence-electron chi connectivity index (χ0n) is 25.5. The van der Waals surface area contributed by atoms with Gasteiger partial charge in [-0.25, -0.2) is 19.2 Å². The Hall–Kier alpha value is -5.31. The van der Waals surface area contributed by atoms with Crippen molar-refractivity contribution >= 4 is 29.7 Å². The number of hydrogen-bond acceptors (Lipinski definition) is 11. The molecule has 3 N–H and O–H groups in total. The lowest BCUT2D eigenvalue weighted by Gasteiger charge is -2.36. The van der Waals surface area contributed by atoms with Gasteiger partial charge in [0.2, 0.25) is 0 Å². The predicted molar refractivity (Wildman–Crippen MR) is 159 cm³/mol. The Morgan fingerprint density at radius 2 is 1.61 bits per heavy atom. The molecule has 12 heteroatoms. The second kappa shape index (κ2) is 14.2. The number of benzene rings is 2. The first-order chi connectivity index (χ1) is 20.9. The van der Waals surface area contributed by atoms with E-state index in [0.717, 1.165) is 7.11 Å². The standard InChI is InChI=1S/C32H36N4O8/c1-7-43-28(37)23(35-31(40)44-32(2,3)4)17-19-13-15-21(16-14-19)36-26(30(39)42-6)25(29(38)41-5)24(22(18-33)27(36)34)20-11-9-8-10-12-20/h8-16,23-24H,7,17,34H2,1-6H3,(H,35,40). The van der Waals surface area contributed by atoms with Crippen LogP contribution in [-0.4, -0.2) is 56.5 Å². The largest absolute Gasteiger partial charge is 0.466 e. The summed E-state index contributed by atoms with van der Waals surface area (Å²) in [5.74, 6) is -3.44. The molecule has 0 saturated heterocycles. The fraction of sp³-hybridized carbons (Fsp3) is 0.344. The normalized spacial score (nSPS) is 15.6. The molecule has 2 aromatic carbocycles. The van der Waals surface area contributed by atoms with Crippen LogP contribution in [0.25, 0.3) is 0 Å². The van der Waals surface area contributed by atoms with Crippen molar-refractivity contribution in [2.24, 2.45) is 5.73 Å². The number of amides is 1. The molecule has 1 aliphatic rings. The Labute approximate surface area is 256 Å². The van der Waals surface area contributed by atoms with Gasteiger partial charge in [0.25, 0.3) is 0 Å². The molecule has 2 unspecified atom stereocenters. The molecule has 3 rings (SSSR count). The lowest BCUT2D eigenvalue weighted by atomic mass is 9.81. The van der Waals surface area contributed by atoms with Gasteiger partial charge in [-0.15, -0.1) is 0 Å². The monoisotopic (exact) mass is 604 g/mol. The molecule has 0 aromatic heterocycles. The zero-order chi connectivity index (χ0) is 32.6. The van der Waals surface area contributed by atoms with Gasteiger partial charge >= 0.3 is 24.0 Å². The van der Waals surface area contributed by atoms with Crippen molar-refractivity contribution in [1.82, 2.24) is 5.32 Å². The average Bonchev–Trinajstić information content (AvgIpc) is 2.99. The lowest BCUT2D eigenvalue weighted by Crippen LogP contribution is -2.45. The number of allylic oxidation sites excluding steroid dienone is 1. The van der Waals surface area contributed by atoms with Crippen molar-refractivity contribution in [3.8, 4) is 6.07 Å². The summed E-state index contributed by atoms with van der Waals surface area (Å²) in [7, 11) is 2.33. The Bertz CT molecular complexity index is 1500. The molecule has 1 heterocycles. The van der Waals surface area contributed by atoms with E-state index in [1.54, 1.807) is 82.3 Å². The highest BCUT2D eigenvalue weighted by Crippen LogP contribution is 2.43. The van der Waals surface area contributed by atoms with Crippen molar-refractivity contribution in [3.05, 3.63) is 88.4 Å². The topological polar surface area (TPSA) is 170 Å². The van der Waals surface area contributed by atoms with Crippen LogP contribution in [0.2, 0.25) is 0 Å². The number of methoxy groups -OCH3 is 2. The number of nitrogens with zero attached hydrogens (tertiary/aromatic N) is 2. The molecule has 0 aliphatic carbocycles. The molecule has 2 atom stereocenters. The van der Waals surface area contributed by atoms with Crippen LogP contribution in [0.3, 0.4) is 0 Å². The second-order valence-corrected chi connectivity index (χ2v) is 10.7. The lowest BCUT2D eigenvalue weighted by molar-refractivity contribution is -0.145. The summed E-state index contributed by atoms with van der Waals surface area (Å²) < 4.78 is 20.5. The third kappa shape index (κ3) is 7.55. The van der Waals surface area contributed by atoms with Crippen LogP contribution in [0.4, 0.5) is 10.5 Å². The number of ether oxygens (including phenoxy) is 4. The molecular weight excluding hydrogens is 568 g/mol. The number of nitriles is 1. The SMILES string of the molecule is CCOC(=O)C(Cc1ccc(N2C(N)=C(C#N)C(c3ccccc3)C(C(=O)OC)=C2C(=O)OC)cc1)NC(=O)OC(C)(C)C. The molecule has 0 radical (unpaired) electrons. The highest BCUT2D eigenvalue weighted by Gasteiger charge is 2.43. The van der Waals surface area contributed by atoms with Gasteiger partial charge in [0, 0.05) is 12.1 Å². The fourth-order valence-corrected chi connectivity index (χ4v) is 4.68. The van der Waals surface area contributed by atoms with Crippen molar-refractivity contribution < 1.29 is 38.1 Å². The summed E-state index contributed by atoms with van der Waals surface area (Å²) in [4.78, 5) is 52.8. The maximum absolute atomic E-state index is 13.3. The van der Waals surface area contributed by atoms with Crippen LogP contribution >= 0.6 is 0 Å². The van der Waals surface area contributed by atoms with Gasteiger partial charge < -0.3 is 30.0 Å². The van der Waals surface area contributed by atoms with E-state index >= 15 is 0 Å². The first-order valence-corrected chi connectivity index (χ1v) is 13.8. The van der Waals surface area contributed by atoms with E-state index < -0.39 is 41.6 Å². The molecule has 2 aromatic rings. The van der Waals surface area contributed by atoms with Gasteiger partial charge in [0.05, 0.1) is 44.0 Å². The van der Waals surface area contributed by atoms with Crippen molar-refractivity contribution in [2.75, 3.05) is 25.7 Å². The first-order valence-electron chi connectivity index (χ1n) is 13.8. The second-order valence-electron chi connectivity index (χ2n) is 10.7. The minimum Gasteiger partial charge on any atom is -0.466 e. The molecule has 0 bridgehead atoms. The molecule has 0 fully saturated rings. The summed E-state index contributed by atoms with van der Waals surface area (Å²) in [5.41, 5.74) is 6.94. The molecular formula is C32H36N4O8. The average molecular weight is 605 g/mol. The highest BCUT2D eigenvalue weighted by molar-refractivity contribution is 6.06. The third-order valence-corrected chi connectivity index (χ3v) is 6.51. The third-order valence-electron chi connectivity index (χ3n) is 6.51. The first kappa shape index (κ1) is 33.2. The van der Waals surface area contributed by atoms with Gasteiger partial charge in [-0.05, 0) is 51.0 Å². The van der Waals surface area contributed by atoms with E-state index in [2.05, 4.69) is 11.4 Å². The number of hydrogen-bond donors (Lipinski definition) is 2. The predicted octanol–water partition coefficient (Wildman–Crippen LogP) is 3.58. The van der Waals surface area contributed by atoms with Crippen molar-refractivity contribution in [1.29, 1.82) is 5.26 Å². The number of carbonyl (C=O) groups excluding carboxylic acids is 4. The van der Waals surface area contributed by atoms with Gasteiger partial charge in [-0.1, -0.05) is 42.5 Å². The number of rotatable bonds is 9. The van der Waals surface area contributed by atoms with E-state index in [-0.39, 0.29) is 35.7 Å². The maximum atomic E-state index is 13.3. The Morgan fingerprint density at radius 1 is 1.00 bits per heavy atom. The zero-order valence-corrected chi connectivity index (χ0v) is 25.5. The fourth-order valence-electron chi connectivity index (χ4n) is 4.68. The Morgan fingerprint density at radius 3 is 2.14 bits per heavy atom. The molecule has 0 saturated carbocycles. The van der Waals surface area contributed by atoms with Crippen LogP contribution in [0.15, 0.2) is 77.3 Å². The molecule has 1 aliphatic heterocycles. The molecule has 1 amide bonds. The summed E-state index contributed by atoms with van der Waals surface area (Å²) in [6, 6.07) is 16.2. The number of carbonyl (C=O) groups is 4.